The summed E-state index contributed by atoms with van der Waals surface area (Å²) in [5.74, 6) is -0.904. The van der Waals surface area contributed by atoms with Crippen molar-refractivity contribution in [3.63, 3.8) is 0 Å². The SMILES string of the molecule is Cn1[nH]c2c(c1=O)C(CC(=O)O)NC2. The van der Waals surface area contributed by atoms with Crippen LogP contribution in [0.2, 0.25) is 0 Å². The van der Waals surface area contributed by atoms with Crippen LogP contribution in [-0.4, -0.2) is 20.9 Å². The molecule has 0 bridgehead atoms. The zero-order valence-electron chi connectivity index (χ0n) is 7.70. The lowest BCUT2D eigenvalue weighted by atomic mass is 10.1. The Labute approximate surface area is 79.5 Å². The van der Waals surface area contributed by atoms with E-state index < -0.39 is 5.97 Å². The van der Waals surface area contributed by atoms with Gasteiger partial charge in [-0.2, -0.15) is 0 Å². The van der Waals surface area contributed by atoms with Crippen LogP contribution in [-0.2, 0) is 18.4 Å². The van der Waals surface area contributed by atoms with E-state index >= 15 is 0 Å². The zero-order chi connectivity index (χ0) is 10.3. The topological polar surface area (TPSA) is 87.1 Å². The Morgan fingerprint density at radius 3 is 3.07 bits per heavy atom. The summed E-state index contributed by atoms with van der Waals surface area (Å²) in [6, 6.07) is -0.354. The molecule has 0 aliphatic carbocycles. The van der Waals surface area contributed by atoms with Gasteiger partial charge in [0, 0.05) is 13.6 Å². The van der Waals surface area contributed by atoms with E-state index in [4.69, 9.17) is 5.11 Å². The van der Waals surface area contributed by atoms with Crippen LogP contribution in [0.15, 0.2) is 4.79 Å². The third-order valence-corrected chi connectivity index (χ3v) is 2.42. The quantitative estimate of drug-likeness (QED) is 0.587. The molecular weight excluding hydrogens is 186 g/mol. The van der Waals surface area contributed by atoms with Gasteiger partial charge in [0.15, 0.2) is 0 Å². The molecule has 2 heterocycles. The van der Waals surface area contributed by atoms with Crippen LogP contribution in [0.5, 0.6) is 0 Å². The van der Waals surface area contributed by atoms with Gasteiger partial charge in [-0.3, -0.25) is 19.4 Å². The predicted molar refractivity (Wildman–Crippen MR) is 47.9 cm³/mol. The summed E-state index contributed by atoms with van der Waals surface area (Å²) in [6.45, 7) is 0.531. The first-order chi connectivity index (χ1) is 6.59. The molecule has 14 heavy (non-hydrogen) atoms. The molecule has 0 saturated carbocycles. The molecule has 1 atom stereocenters. The molecule has 1 aromatic heterocycles. The predicted octanol–water partition coefficient (Wildman–Crippen LogP) is -0.668. The minimum Gasteiger partial charge on any atom is -0.481 e. The van der Waals surface area contributed by atoms with Gasteiger partial charge in [0.25, 0.3) is 5.56 Å². The normalized spacial score (nSPS) is 19.6. The van der Waals surface area contributed by atoms with Gasteiger partial charge in [-0.05, 0) is 0 Å². The maximum atomic E-state index is 11.6. The van der Waals surface area contributed by atoms with E-state index in [2.05, 4.69) is 10.4 Å². The van der Waals surface area contributed by atoms with Crippen LogP contribution >= 0.6 is 0 Å². The number of aliphatic carboxylic acids is 1. The first-order valence-corrected chi connectivity index (χ1v) is 4.32. The maximum Gasteiger partial charge on any atom is 0.305 e. The molecule has 0 radical (unpaired) electrons. The zero-order valence-corrected chi connectivity index (χ0v) is 7.70. The fraction of sp³-hybridized carbons (Fsp3) is 0.500. The van der Waals surface area contributed by atoms with Crippen LogP contribution in [0.4, 0.5) is 0 Å². The monoisotopic (exact) mass is 197 g/mol. The Kier molecular flexibility index (Phi) is 1.92. The van der Waals surface area contributed by atoms with Crippen molar-refractivity contribution in [2.45, 2.75) is 19.0 Å². The van der Waals surface area contributed by atoms with Crippen molar-refractivity contribution in [1.82, 2.24) is 15.1 Å². The van der Waals surface area contributed by atoms with E-state index in [1.54, 1.807) is 7.05 Å². The number of hydrogen-bond acceptors (Lipinski definition) is 3. The summed E-state index contributed by atoms with van der Waals surface area (Å²) in [5, 5.41) is 14.5. The Bertz CT molecular complexity index is 432. The molecule has 1 aromatic rings. The molecular formula is C8H11N3O3. The molecule has 1 unspecified atom stereocenters. The summed E-state index contributed by atoms with van der Waals surface area (Å²) < 4.78 is 1.38. The first-order valence-electron chi connectivity index (χ1n) is 4.32. The Hall–Kier alpha value is -1.56. The van der Waals surface area contributed by atoms with Gasteiger partial charge in [-0.1, -0.05) is 0 Å². The van der Waals surface area contributed by atoms with Gasteiger partial charge >= 0.3 is 5.97 Å². The minimum atomic E-state index is -0.904. The maximum absolute atomic E-state index is 11.6. The second-order valence-corrected chi connectivity index (χ2v) is 3.40. The highest BCUT2D eigenvalue weighted by atomic mass is 16.4. The molecule has 0 fully saturated rings. The van der Waals surface area contributed by atoms with Crippen molar-refractivity contribution in [2.24, 2.45) is 7.05 Å². The van der Waals surface area contributed by atoms with Crippen molar-refractivity contribution >= 4 is 5.97 Å². The third-order valence-electron chi connectivity index (χ3n) is 2.42. The van der Waals surface area contributed by atoms with Gasteiger partial charge < -0.3 is 10.4 Å². The van der Waals surface area contributed by atoms with Crippen LogP contribution in [0, 0.1) is 0 Å². The molecule has 2 rings (SSSR count). The second-order valence-electron chi connectivity index (χ2n) is 3.40. The van der Waals surface area contributed by atoms with E-state index in [1.807, 2.05) is 0 Å². The van der Waals surface area contributed by atoms with Crippen molar-refractivity contribution in [3.05, 3.63) is 21.6 Å². The lowest BCUT2D eigenvalue weighted by Crippen LogP contribution is -2.24. The molecule has 0 aromatic carbocycles. The molecule has 3 N–H and O–H groups in total. The molecule has 76 valence electrons. The van der Waals surface area contributed by atoms with Gasteiger partial charge in [0.05, 0.1) is 23.7 Å². The molecule has 0 saturated heterocycles. The van der Waals surface area contributed by atoms with E-state index in [0.717, 1.165) is 5.69 Å². The number of fused-ring (bicyclic) bond motifs is 1. The number of carboxylic acids is 1. The number of hydrogen-bond donors (Lipinski definition) is 3. The summed E-state index contributed by atoms with van der Waals surface area (Å²) in [7, 11) is 1.62. The largest absolute Gasteiger partial charge is 0.481 e. The van der Waals surface area contributed by atoms with Crippen LogP contribution in [0.3, 0.4) is 0 Å². The number of aromatic nitrogens is 2. The van der Waals surface area contributed by atoms with Crippen molar-refractivity contribution in [1.29, 1.82) is 0 Å². The minimum absolute atomic E-state index is 0.0555. The lowest BCUT2D eigenvalue weighted by molar-refractivity contribution is -0.137. The smallest absolute Gasteiger partial charge is 0.305 e. The van der Waals surface area contributed by atoms with Crippen molar-refractivity contribution < 1.29 is 9.90 Å². The number of nitrogens with one attached hydrogen (secondary N) is 2. The molecule has 6 heteroatoms. The number of aryl methyl sites for hydroxylation is 1. The first kappa shape index (κ1) is 9.01. The van der Waals surface area contributed by atoms with Crippen LogP contribution in [0.25, 0.3) is 0 Å². The summed E-state index contributed by atoms with van der Waals surface area (Å²) >= 11 is 0. The van der Waals surface area contributed by atoms with Crippen molar-refractivity contribution in [3.8, 4) is 0 Å². The molecule has 1 aliphatic rings. The highest BCUT2D eigenvalue weighted by Crippen LogP contribution is 2.22. The van der Waals surface area contributed by atoms with Gasteiger partial charge in [0.1, 0.15) is 0 Å². The van der Waals surface area contributed by atoms with Gasteiger partial charge in [-0.15, -0.1) is 0 Å². The molecule has 6 nitrogen and oxygen atoms in total. The van der Waals surface area contributed by atoms with Gasteiger partial charge in [0.2, 0.25) is 0 Å². The Balaban J connectivity index is 2.37. The second kappa shape index (κ2) is 2.98. The van der Waals surface area contributed by atoms with Crippen molar-refractivity contribution in [2.75, 3.05) is 0 Å². The number of carbonyl (C=O) groups is 1. The summed E-state index contributed by atoms with van der Waals surface area (Å²) in [6.07, 6.45) is -0.0555. The Morgan fingerprint density at radius 2 is 2.43 bits per heavy atom. The number of aromatic amines is 1. The fourth-order valence-corrected chi connectivity index (χ4v) is 1.79. The number of H-pyrrole nitrogens is 1. The Morgan fingerprint density at radius 1 is 1.71 bits per heavy atom. The number of carboxylic acid groups (broad SMARTS) is 1. The summed E-state index contributed by atoms with van der Waals surface area (Å²) in [4.78, 5) is 22.1. The molecule has 1 aliphatic heterocycles. The van der Waals surface area contributed by atoms with Crippen LogP contribution < -0.4 is 10.9 Å². The standard InChI is InChI=1S/C8H11N3O3/c1-11-8(14)7-4(2-6(12)13)9-3-5(7)10-11/h4,9-10H,2-3H2,1H3,(H,12,13). The van der Waals surface area contributed by atoms with Crippen LogP contribution in [0.1, 0.15) is 23.7 Å². The summed E-state index contributed by atoms with van der Waals surface area (Å²) in [5.41, 5.74) is 1.22. The average molecular weight is 197 g/mol. The average Bonchev–Trinajstić information content (AvgIpc) is 2.57. The highest BCUT2D eigenvalue weighted by Gasteiger charge is 2.29. The highest BCUT2D eigenvalue weighted by molar-refractivity contribution is 5.68. The molecule has 0 amide bonds. The third kappa shape index (κ3) is 1.24. The number of rotatable bonds is 2. The number of nitrogens with zero attached hydrogens (tertiary/aromatic N) is 1. The van der Waals surface area contributed by atoms with E-state index in [1.165, 1.54) is 4.68 Å². The van der Waals surface area contributed by atoms with E-state index in [-0.39, 0.29) is 18.0 Å². The van der Waals surface area contributed by atoms with E-state index in [0.29, 0.717) is 12.1 Å². The molecule has 0 spiro atoms. The lowest BCUT2D eigenvalue weighted by Gasteiger charge is -2.05. The fourth-order valence-electron chi connectivity index (χ4n) is 1.79. The van der Waals surface area contributed by atoms with Gasteiger partial charge in [-0.25, -0.2) is 0 Å². The van der Waals surface area contributed by atoms with E-state index in [9.17, 15) is 9.59 Å².